The quantitative estimate of drug-likeness (QED) is 0.838. The van der Waals surface area contributed by atoms with Crippen molar-refractivity contribution in [2.45, 2.75) is 32.4 Å². The summed E-state index contributed by atoms with van der Waals surface area (Å²) >= 11 is 0. The van der Waals surface area contributed by atoms with E-state index in [1.54, 1.807) is 0 Å². The minimum atomic E-state index is 0.260. The topological polar surface area (TPSA) is 29.1 Å². The Labute approximate surface area is 119 Å². The Bertz CT molecular complexity index is 604. The average Bonchev–Trinajstić information content (AvgIpc) is 2.95. The molecule has 102 valence electrons. The fourth-order valence-electron chi connectivity index (χ4n) is 2.71. The van der Waals surface area contributed by atoms with Gasteiger partial charge in [0.15, 0.2) is 5.78 Å². The van der Waals surface area contributed by atoms with Gasteiger partial charge < -0.3 is 5.32 Å². The first-order valence-electron chi connectivity index (χ1n) is 7.22. The van der Waals surface area contributed by atoms with Gasteiger partial charge in [-0.1, -0.05) is 42.5 Å². The normalized spacial score (nSPS) is 13.2. The number of Topliss-reactive ketones (excluding diaryl/α,β-unsaturated/α-hetero) is 1. The highest BCUT2D eigenvalue weighted by molar-refractivity contribution is 5.96. The van der Waals surface area contributed by atoms with Crippen molar-refractivity contribution in [1.29, 1.82) is 0 Å². The zero-order valence-corrected chi connectivity index (χ0v) is 11.6. The lowest BCUT2D eigenvalue weighted by Crippen LogP contribution is -2.01. The van der Waals surface area contributed by atoms with Gasteiger partial charge in [0.25, 0.3) is 0 Å². The Kier molecular flexibility index (Phi) is 3.93. The number of carbonyl (C=O) groups is 1. The first-order valence-corrected chi connectivity index (χ1v) is 7.22. The molecule has 2 aromatic carbocycles. The van der Waals surface area contributed by atoms with Crippen LogP contribution in [0.4, 0.5) is 0 Å². The van der Waals surface area contributed by atoms with Gasteiger partial charge in [-0.05, 0) is 35.6 Å². The summed E-state index contributed by atoms with van der Waals surface area (Å²) in [6.45, 7) is 1.82. The minimum absolute atomic E-state index is 0.260. The molecule has 0 aliphatic carbocycles. The van der Waals surface area contributed by atoms with Crippen molar-refractivity contribution in [3.63, 3.8) is 0 Å². The molecule has 0 amide bonds. The van der Waals surface area contributed by atoms with Crippen LogP contribution in [0.3, 0.4) is 0 Å². The van der Waals surface area contributed by atoms with E-state index in [-0.39, 0.29) is 5.78 Å². The van der Waals surface area contributed by atoms with Crippen LogP contribution in [0.2, 0.25) is 0 Å². The molecule has 0 bridgehead atoms. The summed E-state index contributed by atoms with van der Waals surface area (Å²) in [5.74, 6) is 0.260. The third kappa shape index (κ3) is 2.97. The van der Waals surface area contributed by atoms with Crippen LogP contribution in [-0.2, 0) is 19.5 Å². The zero-order chi connectivity index (χ0) is 13.8. The van der Waals surface area contributed by atoms with E-state index in [0.29, 0.717) is 6.42 Å². The maximum Gasteiger partial charge on any atom is 0.162 e. The molecule has 1 aliphatic heterocycles. The van der Waals surface area contributed by atoms with Gasteiger partial charge in [-0.3, -0.25) is 4.79 Å². The maximum atomic E-state index is 12.2. The van der Waals surface area contributed by atoms with E-state index < -0.39 is 0 Å². The van der Waals surface area contributed by atoms with Crippen molar-refractivity contribution >= 4 is 5.78 Å². The van der Waals surface area contributed by atoms with Crippen LogP contribution in [0.1, 0.15) is 39.9 Å². The van der Waals surface area contributed by atoms with Gasteiger partial charge in [-0.15, -0.1) is 0 Å². The van der Waals surface area contributed by atoms with E-state index in [1.807, 2.05) is 24.3 Å². The molecule has 0 spiro atoms. The number of hydrogen-bond acceptors (Lipinski definition) is 2. The standard InChI is InChI=1S/C18H19NO/c20-18(8-4-7-14-5-2-1-3-6-14)15-9-10-16-12-19-13-17(16)11-15/h1-3,5-6,9-11,19H,4,7-8,12-13H2. The highest BCUT2D eigenvalue weighted by atomic mass is 16.1. The fraction of sp³-hybridized carbons (Fsp3) is 0.278. The monoisotopic (exact) mass is 265 g/mol. The molecule has 0 fully saturated rings. The Hall–Kier alpha value is -1.93. The molecule has 1 heterocycles. The number of rotatable bonds is 5. The van der Waals surface area contributed by atoms with Crippen molar-refractivity contribution in [1.82, 2.24) is 5.32 Å². The molecule has 0 radical (unpaired) electrons. The van der Waals surface area contributed by atoms with Crippen molar-refractivity contribution in [3.8, 4) is 0 Å². The smallest absolute Gasteiger partial charge is 0.162 e. The van der Waals surface area contributed by atoms with Crippen LogP contribution in [0, 0.1) is 0 Å². The van der Waals surface area contributed by atoms with Crippen LogP contribution in [0.15, 0.2) is 48.5 Å². The highest BCUT2D eigenvalue weighted by Gasteiger charge is 2.13. The summed E-state index contributed by atoms with van der Waals surface area (Å²) in [5, 5.41) is 3.31. The van der Waals surface area contributed by atoms with Crippen LogP contribution in [-0.4, -0.2) is 5.78 Å². The van der Waals surface area contributed by atoms with Gasteiger partial charge >= 0.3 is 0 Å². The molecular weight excluding hydrogens is 246 g/mol. The van der Waals surface area contributed by atoms with Crippen molar-refractivity contribution < 1.29 is 4.79 Å². The highest BCUT2D eigenvalue weighted by Crippen LogP contribution is 2.18. The molecule has 20 heavy (non-hydrogen) atoms. The summed E-state index contributed by atoms with van der Waals surface area (Å²) in [7, 11) is 0. The Morgan fingerprint density at radius 2 is 1.80 bits per heavy atom. The summed E-state index contributed by atoms with van der Waals surface area (Å²) in [5.41, 5.74) is 4.77. The SMILES string of the molecule is O=C(CCCc1ccccc1)c1ccc2c(c1)CNC2. The van der Waals surface area contributed by atoms with E-state index in [0.717, 1.165) is 31.5 Å². The van der Waals surface area contributed by atoms with E-state index in [4.69, 9.17) is 0 Å². The molecule has 0 saturated carbocycles. The molecule has 0 aromatic heterocycles. The summed E-state index contributed by atoms with van der Waals surface area (Å²) < 4.78 is 0. The summed E-state index contributed by atoms with van der Waals surface area (Å²) in [6.07, 6.45) is 2.51. The first-order chi connectivity index (χ1) is 9.83. The van der Waals surface area contributed by atoms with E-state index in [2.05, 4.69) is 29.6 Å². The second-order valence-corrected chi connectivity index (χ2v) is 5.35. The molecule has 2 aromatic rings. The number of hydrogen-bond donors (Lipinski definition) is 1. The van der Waals surface area contributed by atoms with Crippen molar-refractivity contribution in [3.05, 3.63) is 70.8 Å². The number of aryl methyl sites for hydroxylation is 1. The van der Waals surface area contributed by atoms with Gasteiger partial charge in [-0.2, -0.15) is 0 Å². The number of nitrogens with one attached hydrogen (secondary N) is 1. The predicted molar refractivity (Wildman–Crippen MR) is 80.7 cm³/mol. The molecule has 2 nitrogen and oxygen atoms in total. The molecule has 1 aliphatic rings. The van der Waals surface area contributed by atoms with Gasteiger partial charge in [0.2, 0.25) is 0 Å². The Balaban J connectivity index is 1.57. The lowest BCUT2D eigenvalue weighted by molar-refractivity contribution is 0.0980. The minimum Gasteiger partial charge on any atom is -0.309 e. The molecule has 0 atom stereocenters. The second kappa shape index (κ2) is 6.02. The molecular formula is C18H19NO. The zero-order valence-electron chi connectivity index (χ0n) is 11.6. The van der Waals surface area contributed by atoms with Crippen LogP contribution in [0.25, 0.3) is 0 Å². The molecule has 1 N–H and O–H groups in total. The van der Waals surface area contributed by atoms with E-state index in [9.17, 15) is 4.79 Å². The van der Waals surface area contributed by atoms with Crippen LogP contribution >= 0.6 is 0 Å². The summed E-state index contributed by atoms with van der Waals surface area (Å²) in [4.78, 5) is 12.2. The Morgan fingerprint density at radius 1 is 1.00 bits per heavy atom. The predicted octanol–water partition coefficient (Wildman–Crippen LogP) is 3.50. The summed E-state index contributed by atoms with van der Waals surface area (Å²) in [6, 6.07) is 16.5. The third-order valence-corrected chi connectivity index (χ3v) is 3.87. The number of ketones is 1. The number of fused-ring (bicyclic) bond motifs is 1. The largest absolute Gasteiger partial charge is 0.309 e. The number of benzene rings is 2. The van der Waals surface area contributed by atoms with Gasteiger partial charge in [-0.25, -0.2) is 0 Å². The fourth-order valence-corrected chi connectivity index (χ4v) is 2.71. The maximum absolute atomic E-state index is 12.2. The molecule has 0 unspecified atom stereocenters. The molecule has 2 heteroatoms. The number of carbonyl (C=O) groups excluding carboxylic acids is 1. The van der Waals surface area contributed by atoms with Crippen molar-refractivity contribution in [2.75, 3.05) is 0 Å². The Morgan fingerprint density at radius 3 is 2.65 bits per heavy atom. The first kappa shape index (κ1) is 13.1. The van der Waals surface area contributed by atoms with Crippen molar-refractivity contribution in [2.24, 2.45) is 0 Å². The molecule has 3 rings (SSSR count). The van der Waals surface area contributed by atoms with Crippen LogP contribution in [0.5, 0.6) is 0 Å². The van der Waals surface area contributed by atoms with Crippen LogP contribution < -0.4 is 5.32 Å². The lowest BCUT2D eigenvalue weighted by atomic mass is 9.99. The molecule has 0 saturated heterocycles. The van der Waals surface area contributed by atoms with E-state index in [1.165, 1.54) is 16.7 Å². The van der Waals surface area contributed by atoms with E-state index >= 15 is 0 Å². The van der Waals surface area contributed by atoms with Gasteiger partial charge in [0.1, 0.15) is 0 Å². The van der Waals surface area contributed by atoms with Gasteiger partial charge in [0.05, 0.1) is 0 Å². The average molecular weight is 265 g/mol. The second-order valence-electron chi connectivity index (χ2n) is 5.35. The lowest BCUT2D eigenvalue weighted by Gasteiger charge is -2.04. The third-order valence-electron chi connectivity index (χ3n) is 3.87. The van der Waals surface area contributed by atoms with Gasteiger partial charge in [0, 0.05) is 25.1 Å².